The predicted molar refractivity (Wildman–Crippen MR) is 37.4 cm³/mol. The van der Waals surface area contributed by atoms with Crippen molar-refractivity contribution in [1.82, 2.24) is 0 Å². The SMILES string of the molecule is C#CC(C)C=C(C)C. The highest BCUT2D eigenvalue weighted by Gasteiger charge is 1.86. The number of rotatable bonds is 1. The first-order chi connectivity index (χ1) is 3.66. The molecule has 0 bridgehead atoms. The summed E-state index contributed by atoms with van der Waals surface area (Å²) in [6.07, 6.45) is 7.20. The Morgan fingerprint density at radius 3 is 2.25 bits per heavy atom. The fourth-order valence-electron chi connectivity index (χ4n) is 0.548. The van der Waals surface area contributed by atoms with Crippen LogP contribution in [-0.4, -0.2) is 0 Å². The topological polar surface area (TPSA) is 0 Å². The minimum absolute atomic E-state index is 0.292. The summed E-state index contributed by atoms with van der Waals surface area (Å²) in [5.41, 5.74) is 1.29. The highest BCUT2D eigenvalue weighted by molar-refractivity contribution is 5.07. The van der Waals surface area contributed by atoms with Crippen LogP contribution in [-0.2, 0) is 0 Å². The molecule has 0 heteroatoms. The Balaban J connectivity index is 3.74. The molecular formula is C8H12. The fraction of sp³-hybridized carbons (Fsp3) is 0.500. The van der Waals surface area contributed by atoms with Gasteiger partial charge in [0, 0.05) is 5.92 Å². The molecule has 1 atom stereocenters. The standard InChI is InChI=1S/C8H12/c1-5-8(4)6-7(2)3/h1,6,8H,2-4H3. The van der Waals surface area contributed by atoms with Crippen molar-refractivity contribution >= 4 is 0 Å². The minimum atomic E-state index is 0.292. The molecule has 0 aromatic rings. The first-order valence-corrected chi connectivity index (χ1v) is 2.78. The van der Waals surface area contributed by atoms with Crippen LogP contribution < -0.4 is 0 Å². The number of allylic oxidation sites excluding steroid dienone is 2. The quantitative estimate of drug-likeness (QED) is 0.357. The van der Waals surface area contributed by atoms with E-state index in [0.717, 1.165) is 0 Å². The lowest BCUT2D eigenvalue weighted by Crippen LogP contribution is -1.81. The van der Waals surface area contributed by atoms with Crippen molar-refractivity contribution in [1.29, 1.82) is 0 Å². The van der Waals surface area contributed by atoms with E-state index < -0.39 is 0 Å². The molecule has 8 heavy (non-hydrogen) atoms. The molecular weight excluding hydrogens is 96.1 g/mol. The molecule has 0 saturated heterocycles. The molecule has 44 valence electrons. The minimum Gasteiger partial charge on any atom is -0.119 e. The van der Waals surface area contributed by atoms with Crippen LogP contribution in [0.3, 0.4) is 0 Å². The van der Waals surface area contributed by atoms with E-state index >= 15 is 0 Å². The Kier molecular flexibility index (Phi) is 3.03. The van der Waals surface area contributed by atoms with Crippen LogP contribution in [0.25, 0.3) is 0 Å². The van der Waals surface area contributed by atoms with Gasteiger partial charge in [-0.2, -0.15) is 0 Å². The van der Waals surface area contributed by atoms with E-state index in [4.69, 9.17) is 6.42 Å². The molecule has 0 saturated carbocycles. The second kappa shape index (κ2) is 3.32. The Morgan fingerprint density at radius 2 is 2.12 bits per heavy atom. The molecule has 0 nitrogen and oxygen atoms in total. The van der Waals surface area contributed by atoms with E-state index in [1.807, 2.05) is 20.8 Å². The number of terminal acetylenes is 1. The van der Waals surface area contributed by atoms with Crippen LogP contribution >= 0.6 is 0 Å². The average Bonchev–Trinajstić information content (AvgIpc) is 1.65. The van der Waals surface area contributed by atoms with Crippen LogP contribution in [0.15, 0.2) is 11.6 Å². The zero-order chi connectivity index (χ0) is 6.57. The van der Waals surface area contributed by atoms with Crippen LogP contribution in [0.5, 0.6) is 0 Å². The monoisotopic (exact) mass is 108 g/mol. The van der Waals surface area contributed by atoms with E-state index in [0.29, 0.717) is 5.92 Å². The van der Waals surface area contributed by atoms with E-state index in [1.54, 1.807) is 0 Å². The molecule has 0 aliphatic rings. The van der Waals surface area contributed by atoms with Crippen LogP contribution in [0.1, 0.15) is 20.8 Å². The molecule has 0 aromatic carbocycles. The summed E-state index contributed by atoms with van der Waals surface area (Å²) in [7, 11) is 0. The van der Waals surface area contributed by atoms with Crippen molar-refractivity contribution < 1.29 is 0 Å². The van der Waals surface area contributed by atoms with Crippen molar-refractivity contribution in [3.63, 3.8) is 0 Å². The molecule has 0 aliphatic heterocycles. The third kappa shape index (κ3) is 3.49. The van der Waals surface area contributed by atoms with Gasteiger partial charge in [-0.25, -0.2) is 0 Å². The maximum absolute atomic E-state index is 5.13. The van der Waals surface area contributed by atoms with Crippen molar-refractivity contribution in [2.75, 3.05) is 0 Å². The molecule has 0 fully saturated rings. The summed E-state index contributed by atoms with van der Waals surface area (Å²) < 4.78 is 0. The normalized spacial score (nSPS) is 11.8. The zero-order valence-corrected chi connectivity index (χ0v) is 5.73. The van der Waals surface area contributed by atoms with Gasteiger partial charge in [-0.3, -0.25) is 0 Å². The average molecular weight is 108 g/mol. The summed E-state index contributed by atoms with van der Waals surface area (Å²) >= 11 is 0. The molecule has 0 spiro atoms. The highest BCUT2D eigenvalue weighted by atomic mass is 13.9. The molecule has 0 radical (unpaired) electrons. The maximum Gasteiger partial charge on any atom is 0.0354 e. The second-order valence-electron chi connectivity index (χ2n) is 2.20. The van der Waals surface area contributed by atoms with Gasteiger partial charge in [0.25, 0.3) is 0 Å². The summed E-state index contributed by atoms with van der Waals surface area (Å²) in [5, 5.41) is 0. The van der Waals surface area contributed by atoms with Gasteiger partial charge in [-0.05, 0) is 20.8 Å². The smallest absolute Gasteiger partial charge is 0.0354 e. The van der Waals surface area contributed by atoms with E-state index in [1.165, 1.54) is 5.57 Å². The molecule has 1 unspecified atom stereocenters. The van der Waals surface area contributed by atoms with Gasteiger partial charge < -0.3 is 0 Å². The van der Waals surface area contributed by atoms with Gasteiger partial charge in [0.2, 0.25) is 0 Å². The first-order valence-electron chi connectivity index (χ1n) is 2.78. The molecule has 0 amide bonds. The molecule has 0 rings (SSSR count). The third-order valence-corrected chi connectivity index (χ3v) is 0.846. The van der Waals surface area contributed by atoms with Crippen LogP contribution in [0, 0.1) is 18.3 Å². The maximum atomic E-state index is 5.13. The van der Waals surface area contributed by atoms with Crippen LogP contribution in [0.4, 0.5) is 0 Å². The van der Waals surface area contributed by atoms with Gasteiger partial charge in [0.1, 0.15) is 0 Å². The van der Waals surface area contributed by atoms with E-state index in [2.05, 4.69) is 12.0 Å². The number of hydrogen-bond acceptors (Lipinski definition) is 0. The van der Waals surface area contributed by atoms with E-state index in [-0.39, 0.29) is 0 Å². The van der Waals surface area contributed by atoms with Gasteiger partial charge in [-0.15, -0.1) is 6.42 Å². The lowest BCUT2D eigenvalue weighted by molar-refractivity contribution is 0.964. The zero-order valence-electron chi connectivity index (χ0n) is 5.73. The van der Waals surface area contributed by atoms with Gasteiger partial charge in [-0.1, -0.05) is 17.6 Å². The first kappa shape index (κ1) is 7.30. The summed E-state index contributed by atoms with van der Waals surface area (Å²) in [4.78, 5) is 0. The fourth-order valence-corrected chi connectivity index (χ4v) is 0.548. The summed E-state index contributed by atoms with van der Waals surface area (Å²) in [6, 6.07) is 0. The Labute approximate surface area is 51.6 Å². The van der Waals surface area contributed by atoms with E-state index in [9.17, 15) is 0 Å². The van der Waals surface area contributed by atoms with Crippen molar-refractivity contribution in [2.45, 2.75) is 20.8 Å². The molecule has 0 N–H and O–H groups in total. The summed E-state index contributed by atoms with van der Waals surface area (Å²) in [6.45, 7) is 6.11. The largest absolute Gasteiger partial charge is 0.119 e. The van der Waals surface area contributed by atoms with Crippen LogP contribution in [0.2, 0.25) is 0 Å². The predicted octanol–water partition coefficient (Wildman–Crippen LogP) is 2.22. The van der Waals surface area contributed by atoms with Crippen molar-refractivity contribution in [2.24, 2.45) is 5.92 Å². The second-order valence-corrected chi connectivity index (χ2v) is 2.20. The lowest BCUT2D eigenvalue weighted by Gasteiger charge is -1.93. The number of hydrogen-bond donors (Lipinski definition) is 0. The van der Waals surface area contributed by atoms with Gasteiger partial charge in [0.05, 0.1) is 0 Å². The Bertz CT molecular complexity index is 119. The van der Waals surface area contributed by atoms with Crippen molar-refractivity contribution in [3.8, 4) is 12.3 Å². The molecule has 0 aliphatic carbocycles. The molecule has 0 aromatic heterocycles. The highest BCUT2D eigenvalue weighted by Crippen LogP contribution is 1.98. The Morgan fingerprint density at radius 1 is 1.62 bits per heavy atom. The molecule has 0 heterocycles. The van der Waals surface area contributed by atoms with Gasteiger partial charge in [0.15, 0.2) is 0 Å². The van der Waals surface area contributed by atoms with Gasteiger partial charge >= 0.3 is 0 Å². The Hall–Kier alpha value is -0.700. The lowest BCUT2D eigenvalue weighted by atomic mass is 10.1. The third-order valence-electron chi connectivity index (χ3n) is 0.846. The summed E-state index contributed by atoms with van der Waals surface area (Å²) in [5.74, 6) is 2.91. The van der Waals surface area contributed by atoms with Crippen molar-refractivity contribution in [3.05, 3.63) is 11.6 Å².